The Hall–Kier alpha value is -1.76. The van der Waals surface area contributed by atoms with Crippen molar-refractivity contribution >= 4 is 5.69 Å². The number of rotatable bonds is 5. The van der Waals surface area contributed by atoms with Gasteiger partial charge >= 0.3 is 0 Å². The summed E-state index contributed by atoms with van der Waals surface area (Å²) >= 11 is 0. The second-order valence-corrected chi connectivity index (χ2v) is 4.31. The fourth-order valence-corrected chi connectivity index (χ4v) is 1.97. The summed E-state index contributed by atoms with van der Waals surface area (Å²) in [7, 11) is 0. The molecule has 1 nitrogen and oxygen atoms in total. The topological polar surface area (TPSA) is 12.0 Å². The van der Waals surface area contributed by atoms with E-state index in [0.717, 1.165) is 12.8 Å². The molecule has 1 unspecified atom stereocenters. The molecule has 0 aliphatic rings. The molecule has 0 bridgehead atoms. The van der Waals surface area contributed by atoms with Crippen LogP contribution in [0.1, 0.15) is 18.9 Å². The Morgan fingerprint density at radius 2 is 1.47 bits per heavy atom. The minimum atomic E-state index is 0.500. The third-order valence-corrected chi connectivity index (χ3v) is 2.96. The second kappa shape index (κ2) is 6.09. The van der Waals surface area contributed by atoms with Gasteiger partial charge in [0.1, 0.15) is 0 Å². The van der Waals surface area contributed by atoms with E-state index in [1.807, 2.05) is 6.07 Å². The van der Waals surface area contributed by atoms with Gasteiger partial charge in [0, 0.05) is 11.7 Å². The van der Waals surface area contributed by atoms with Crippen molar-refractivity contribution in [2.24, 2.45) is 0 Å². The van der Waals surface area contributed by atoms with Crippen LogP contribution in [0, 0.1) is 0 Å². The highest BCUT2D eigenvalue weighted by Gasteiger charge is 2.06. The fraction of sp³-hybridized carbons (Fsp3) is 0.250. The Bertz CT molecular complexity index is 380. The third kappa shape index (κ3) is 3.63. The summed E-state index contributed by atoms with van der Waals surface area (Å²) in [6.07, 6.45) is 2.20. The Labute approximate surface area is 103 Å². The van der Waals surface area contributed by atoms with Gasteiger partial charge in [-0.1, -0.05) is 55.5 Å². The standard InChI is InChI=1S/C16H19N/c1-2-15(13-14-9-5-3-6-10-14)17-16-11-7-4-8-12-16/h3-12,15,17H,2,13H2,1H3. The van der Waals surface area contributed by atoms with Crippen LogP contribution in [-0.4, -0.2) is 6.04 Å². The quantitative estimate of drug-likeness (QED) is 0.807. The van der Waals surface area contributed by atoms with Gasteiger partial charge in [0.15, 0.2) is 0 Å². The zero-order valence-electron chi connectivity index (χ0n) is 10.3. The highest BCUT2D eigenvalue weighted by molar-refractivity contribution is 5.43. The van der Waals surface area contributed by atoms with E-state index < -0.39 is 0 Å². The molecule has 0 heterocycles. The number of anilines is 1. The number of hydrogen-bond acceptors (Lipinski definition) is 1. The van der Waals surface area contributed by atoms with Crippen molar-refractivity contribution < 1.29 is 0 Å². The SMILES string of the molecule is CCC(Cc1ccccc1)Nc1ccccc1. The Morgan fingerprint density at radius 3 is 2.06 bits per heavy atom. The second-order valence-electron chi connectivity index (χ2n) is 4.31. The zero-order valence-corrected chi connectivity index (χ0v) is 10.3. The first kappa shape index (κ1) is 11.7. The molecule has 88 valence electrons. The molecule has 0 fully saturated rings. The lowest BCUT2D eigenvalue weighted by molar-refractivity contribution is 0.690. The summed E-state index contributed by atoms with van der Waals surface area (Å²) in [4.78, 5) is 0. The summed E-state index contributed by atoms with van der Waals surface area (Å²) in [6, 6.07) is 21.6. The van der Waals surface area contributed by atoms with Gasteiger partial charge in [-0.3, -0.25) is 0 Å². The fourth-order valence-electron chi connectivity index (χ4n) is 1.97. The maximum Gasteiger partial charge on any atom is 0.0342 e. The highest BCUT2D eigenvalue weighted by Crippen LogP contribution is 2.12. The van der Waals surface area contributed by atoms with Crippen LogP contribution < -0.4 is 5.32 Å². The first-order valence-corrected chi connectivity index (χ1v) is 6.24. The van der Waals surface area contributed by atoms with Crippen LogP contribution in [0.2, 0.25) is 0 Å². The van der Waals surface area contributed by atoms with E-state index >= 15 is 0 Å². The van der Waals surface area contributed by atoms with E-state index in [1.54, 1.807) is 0 Å². The van der Waals surface area contributed by atoms with Crippen LogP contribution in [0.3, 0.4) is 0 Å². The summed E-state index contributed by atoms with van der Waals surface area (Å²) in [6.45, 7) is 2.23. The molecular formula is C16H19N. The number of benzene rings is 2. The van der Waals surface area contributed by atoms with Crippen molar-refractivity contribution in [2.45, 2.75) is 25.8 Å². The van der Waals surface area contributed by atoms with Gasteiger partial charge in [-0.05, 0) is 30.5 Å². The van der Waals surface area contributed by atoms with E-state index in [9.17, 15) is 0 Å². The van der Waals surface area contributed by atoms with Crippen LogP contribution in [0.25, 0.3) is 0 Å². The van der Waals surface area contributed by atoms with Crippen molar-refractivity contribution in [1.82, 2.24) is 0 Å². The van der Waals surface area contributed by atoms with Crippen LogP contribution in [0.15, 0.2) is 60.7 Å². The summed E-state index contributed by atoms with van der Waals surface area (Å²) in [5, 5.41) is 3.58. The predicted octanol–water partition coefficient (Wildman–Crippen LogP) is 4.12. The lowest BCUT2D eigenvalue weighted by Gasteiger charge is -2.18. The molecule has 0 saturated carbocycles. The van der Waals surface area contributed by atoms with Crippen LogP contribution >= 0.6 is 0 Å². The van der Waals surface area contributed by atoms with Crippen molar-refractivity contribution in [3.05, 3.63) is 66.2 Å². The largest absolute Gasteiger partial charge is 0.382 e. The molecule has 1 heteroatoms. The lowest BCUT2D eigenvalue weighted by Crippen LogP contribution is -2.21. The number of hydrogen-bond donors (Lipinski definition) is 1. The molecule has 0 amide bonds. The first-order chi connectivity index (χ1) is 8.38. The van der Waals surface area contributed by atoms with Crippen molar-refractivity contribution in [3.63, 3.8) is 0 Å². The monoisotopic (exact) mass is 225 g/mol. The first-order valence-electron chi connectivity index (χ1n) is 6.24. The van der Waals surface area contributed by atoms with Gasteiger partial charge in [0.2, 0.25) is 0 Å². The third-order valence-electron chi connectivity index (χ3n) is 2.96. The lowest BCUT2D eigenvalue weighted by atomic mass is 10.0. The van der Waals surface area contributed by atoms with Crippen molar-refractivity contribution in [2.75, 3.05) is 5.32 Å². The van der Waals surface area contributed by atoms with Gasteiger partial charge in [0.25, 0.3) is 0 Å². The highest BCUT2D eigenvalue weighted by atomic mass is 14.9. The van der Waals surface area contributed by atoms with Gasteiger partial charge in [-0.25, -0.2) is 0 Å². The van der Waals surface area contributed by atoms with E-state index in [2.05, 4.69) is 66.8 Å². The minimum Gasteiger partial charge on any atom is -0.382 e. The molecule has 2 rings (SSSR count). The molecule has 0 aromatic heterocycles. The Morgan fingerprint density at radius 1 is 0.882 bits per heavy atom. The molecule has 1 atom stereocenters. The van der Waals surface area contributed by atoms with E-state index in [-0.39, 0.29) is 0 Å². The zero-order chi connectivity index (χ0) is 11.9. The molecule has 17 heavy (non-hydrogen) atoms. The van der Waals surface area contributed by atoms with Gasteiger partial charge in [0.05, 0.1) is 0 Å². The molecule has 0 saturated heterocycles. The average Bonchev–Trinajstić information content (AvgIpc) is 2.40. The Balaban J connectivity index is 1.98. The summed E-state index contributed by atoms with van der Waals surface area (Å²) in [5.74, 6) is 0. The maximum absolute atomic E-state index is 3.58. The van der Waals surface area contributed by atoms with Crippen LogP contribution in [0.4, 0.5) is 5.69 Å². The number of nitrogens with one attached hydrogen (secondary N) is 1. The average molecular weight is 225 g/mol. The summed E-state index contributed by atoms with van der Waals surface area (Å²) in [5.41, 5.74) is 2.60. The maximum atomic E-state index is 3.58. The van der Waals surface area contributed by atoms with Gasteiger partial charge < -0.3 is 5.32 Å². The van der Waals surface area contributed by atoms with Crippen molar-refractivity contribution in [3.8, 4) is 0 Å². The van der Waals surface area contributed by atoms with Gasteiger partial charge in [-0.15, -0.1) is 0 Å². The minimum absolute atomic E-state index is 0.500. The smallest absolute Gasteiger partial charge is 0.0342 e. The molecule has 2 aromatic carbocycles. The van der Waals surface area contributed by atoms with E-state index in [0.29, 0.717) is 6.04 Å². The molecular weight excluding hydrogens is 206 g/mol. The van der Waals surface area contributed by atoms with Gasteiger partial charge in [-0.2, -0.15) is 0 Å². The van der Waals surface area contributed by atoms with Crippen LogP contribution in [-0.2, 0) is 6.42 Å². The molecule has 0 radical (unpaired) electrons. The Kier molecular flexibility index (Phi) is 4.20. The molecule has 0 aliphatic carbocycles. The predicted molar refractivity (Wildman–Crippen MR) is 74.3 cm³/mol. The molecule has 1 N–H and O–H groups in total. The molecule has 0 aliphatic heterocycles. The number of para-hydroxylation sites is 1. The molecule has 2 aromatic rings. The van der Waals surface area contributed by atoms with Crippen LogP contribution in [0.5, 0.6) is 0 Å². The van der Waals surface area contributed by atoms with Crippen molar-refractivity contribution in [1.29, 1.82) is 0 Å². The van der Waals surface area contributed by atoms with E-state index in [4.69, 9.17) is 0 Å². The summed E-state index contributed by atoms with van der Waals surface area (Å²) < 4.78 is 0. The normalized spacial score (nSPS) is 12.1. The molecule has 0 spiro atoms. The van der Waals surface area contributed by atoms with E-state index in [1.165, 1.54) is 11.3 Å².